The Bertz CT molecular complexity index is 446. The Morgan fingerprint density at radius 2 is 2.22 bits per heavy atom. The normalized spacial score (nSPS) is 16.1. The number of aryl methyl sites for hydroxylation is 2. The Morgan fingerprint density at radius 3 is 2.83 bits per heavy atom. The van der Waals surface area contributed by atoms with E-state index in [-0.39, 0.29) is 6.04 Å². The maximum absolute atomic E-state index is 9.02. The van der Waals surface area contributed by atoms with Crippen molar-refractivity contribution in [1.82, 2.24) is 5.32 Å². The smallest absolute Gasteiger partial charge is 0.122 e. The van der Waals surface area contributed by atoms with Gasteiger partial charge in [-0.1, -0.05) is 17.7 Å². The molecule has 1 fully saturated rings. The van der Waals surface area contributed by atoms with Crippen molar-refractivity contribution in [2.75, 3.05) is 6.61 Å². The summed E-state index contributed by atoms with van der Waals surface area (Å²) in [5, 5.41) is 12.3. The first-order chi connectivity index (χ1) is 8.69. The number of nitrogens with zero attached hydrogens (tertiary/aromatic N) is 1. The fourth-order valence-electron chi connectivity index (χ4n) is 1.97. The highest BCUT2D eigenvalue weighted by Crippen LogP contribution is 2.21. The van der Waals surface area contributed by atoms with Crippen LogP contribution in [0.15, 0.2) is 18.2 Å². The van der Waals surface area contributed by atoms with E-state index in [1.54, 1.807) is 0 Å². The van der Waals surface area contributed by atoms with Crippen LogP contribution in [-0.4, -0.2) is 18.7 Å². The van der Waals surface area contributed by atoms with Gasteiger partial charge in [0.2, 0.25) is 0 Å². The molecule has 1 unspecified atom stereocenters. The number of hydrogen-bond donors (Lipinski definition) is 1. The Kier molecular flexibility index (Phi) is 4.22. The second-order valence-electron chi connectivity index (χ2n) is 5.03. The highest BCUT2D eigenvalue weighted by molar-refractivity contribution is 5.35. The lowest BCUT2D eigenvalue weighted by molar-refractivity contribution is 0.295. The quantitative estimate of drug-likeness (QED) is 0.836. The van der Waals surface area contributed by atoms with E-state index in [0.717, 1.165) is 17.7 Å². The molecule has 0 aliphatic heterocycles. The van der Waals surface area contributed by atoms with Gasteiger partial charge in [0, 0.05) is 12.5 Å². The first kappa shape index (κ1) is 12.9. The summed E-state index contributed by atoms with van der Waals surface area (Å²) in [6, 6.07) is 8.94. The molecule has 0 aromatic heterocycles. The lowest BCUT2D eigenvalue weighted by Gasteiger charge is -2.13. The number of nitrogens with one attached hydrogen (secondary N) is 1. The largest absolute Gasteiger partial charge is 0.493 e. The average Bonchev–Trinajstić information content (AvgIpc) is 3.14. The maximum atomic E-state index is 9.02. The first-order valence-corrected chi connectivity index (χ1v) is 6.55. The first-order valence-electron chi connectivity index (χ1n) is 6.55. The van der Waals surface area contributed by atoms with Crippen molar-refractivity contribution in [2.24, 2.45) is 0 Å². The van der Waals surface area contributed by atoms with Gasteiger partial charge < -0.3 is 4.74 Å². The van der Waals surface area contributed by atoms with Gasteiger partial charge in [0.05, 0.1) is 18.7 Å². The molecule has 0 saturated heterocycles. The molecule has 0 spiro atoms. The summed E-state index contributed by atoms with van der Waals surface area (Å²) in [6.45, 7) is 4.70. The van der Waals surface area contributed by atoms with Crippen LogP contribution in [0.25, 0.3) is 0 Å². The molecule has 0 radical (unpaired) electrons. The van der Waals surface area contributed by atoms with Crippen molar-refractivity contribution in [1.29, 1.82) is 5.26 Å². The molecular weight excluding hydrogens is 224 g/mol. The van der Waals surface area contributed by atoms with Crippen LogP contribution >= 0.6 is 0 Å². The summed E-state index contributed by atoms with van der Waals surface area (Å²) in [7, 11) is 0. The molecule has 1 saturated carbocycles. The summed E-state index contributed by atoms with van der Waals surface area (Å²) in [5.41, 5.74) is 2.39. The van der Waals surface area contributed by atoms with Crippen molar-refractivity contribution in [3.8, 4) is 11.8 Å². The molecule has 1 aromatic rings. The molecule has 96 valence electrons. The van der Waals surface area contributed by atoms with Crippen molar-refractivity contribution < 1.29 is 4.74 Å². The van der Waals surface area contributed by atoms with Crippen LogP contribution in [0.3, 0.4) is 0 Å². The summed E-state index contributed by atoms with van der Waals surface area (Å²) < 4.78 is 5.73. The van der Waals surface area contributed by atoms with Crippen LogP contribution in [-0.2, 0) is 0 Å². The molecule has 2 rings (SSSR count). The van der Waals surface area contributed by atoms with Gasteiger partial charge in [-0.2, -0.15) is 5.26 Å². The van der Waals surface area contributed by atoms with E-state index in [1.165, 1.54) is 18.4 Å². The number of nitriles is 1. The van der Waals surface area contributed by atoms with Crippen LogP contribution in [0, 0.1) is 25.2 Å². The molecule has 1 atom stereocenters. The lowest BCUT2D eigenvalue weighted by Crippen LogP contribution is -2.31. The van der Waals surface area contributed by atoms with Gasteiger partial charge in [0.1, 0.15) is 5.75 Å². The van der Waals surface area contributed by atoms with Crippen LogP contribution < -0.4 is 10.1 Å². The van der Waals surface area contributed by atoms with Gasteiger partial charge in [-0.15, -0.1) is 0 Å². The second kappa shape index (κ2) is 5.88. The summed E-state index contributed by atoms with van der Waals surface area (Å²) in [4.78, 5) is 0. The third-order valence-electron chi connectivity index (χ3n) is 3.16. The molecule has 0 amide bonds. The van der Waals surface area contributed by atoms with E-state index < -0.39 is 0 Å². The summed E-state index contributed by atoms with van der Waals surface area (Å²) >= 11 is 0. The molecule has 1 N–H and O–H groups in total. The third-order valence-corrected chi connectivity index (χ3v) is 3.16. The highest BCUT2D eigenvalue weighted by atomic mass is 16.5. The zero-order valence-corrected chi connectivity index (χ0v) is 11.1. The van der Waals surface area contributed by atoms with Crippen molar-refractivity contribution in [3.63, 3.8) is 0 Å². The van der Waals surface area contributed by atoms with Gasteiger partial charge in [-0.3, -0.25) is 5.32 Å². The van der Waals surface area contributed by atoms with E-state index >= 15 is 0 Å². The van der Waals surface area contributed by atoms with Crippen LogP contribution in [0.4, 0.5) is 0 Å². The standard InChI is InChI=1S/C15H20N2O/c1-11-3-6-15(12(2)9-11)18-8-7-14(10-16)17-13-4-5-13/h3,6,9,13-14,17H,4-5,7-8H2,1-2H3. The van der Waals surface area contributed by atoms with Gasteiger partial charge in [-0.25, -0.2) is 0 Å². The highest BCUT2D eigenvalue weighted by Gasteiger charge is 2.24. The Labute approximate surface area is 109 Å². The number of rotatable bonds is 6. The third kappa shape index (κ3) is 3.75. The molecule has 1 aliphatic rings. The van der Waals surface area contributed by atoms with Gasteiger partial charge in [0.25, 0.3) is 0 Å². The number of benzene rings is 1. The molecule has 1 aromatic carbocycles. The lowest BCUT2D eigenvalue weighted by atomic mass is 10.1. The number of ether oxygens (including phenoxy) is 1. The van der Waals surface area contributed by atoms with Crippen molar-refractivity contribution in [2.45, 2.75) is 45.2 Å². The summed E-state index contributed by atoms with van der Waals surface area (Å²) in [5.74, 6) is 0.920. The number of hydrogen-bond acceptors (Lipinski definition) is 3. The molecular formula is C15H20N2O. The Hall–Kier alpha value is -1.53. The van der Waals surface area contributed by atoms with E-state index in [9.17, 15) is 0 Å². The van der Waals surface area contributed by atoms with Crippen molar-refractivity contribution in [3.05, 3.63) is 29.3 Å². The minimum atomic E-state index is -0.0803. The van der Waals surface area contributed by atoms with Crippen LogP contribution in [0.2, 0.25) is 0 Å². The van der Waals surface area contributed by atoms with E-state index in [1.807, 2.05) is 19.1 Å². The fraction of sp³-hybridized carbons (Fsp3) is 0.533. The van der Waals surface area contributed by atoms with Crippen LogP contribution in [0.5, 0.6) is 5.75 Å². The second-order valence-corrected chi connectivity index (χ2v) is 5.03. The Morgan fingerprint density at radius 1 is 1.44 bits per heavy atom. The monoisotopic (exact) mass is 244 g/mol. The molecule has 0 bridgehead atoms. The molecule has 3 heteroatoms. The van der Waals surface area contributed by atoms with Gasteiger partial charge >= 0.3 is 0 Å². The molecule has 1 aliphatic carbocycles. The zero-order valence-electron chi connectivity index (χ0n) is 11.1. The minimum absolute atomic E-state index is 0.0803. The SMILES string of the molecule is Cc1ccc(OCCC(C#N)NC2CC2)c(C)c1. The molecule has 18 heavy (non-hydrogen) atoms. The van der Waals surface area contributed by atoms with E-state index in [4.69, 9.17) is 10.00 Å². The predicted molar refractivity (Wildman–Crippen MR) is 71.6 cm³/mol. The van der Waals surface area contributed by atoms with Crippen LogP contribution in [0.1, 0.15) is 30.4 Å². The van der Waals surface area contributed by atoms with Gasteiger partial charge in [-0.05, 0) is 38.3 Å². The predicted octanol–water partition coefficient (Wildman–Crippen LogP) is 2.72. The molecule has 3 nitrogen and oxygen atoms in total. The van der Waals surface area contributed by atoms with E-state index in [2.05, 4.69) is 24.4 Å². The topological polar surface area (TPSA) is 45.0 Å². The molecule has 0 heterocycles. The van der Waals surface area contributed by atoms with Gasteiger partial charge in [0.15, 0.2) is 0 Å². The zero-order chi connectivity index (χ0) is 13.0. The van der Waals surface area contributed by atoms with Crippen molar-refractivity contribution >= 4 is 0 Å². The maximum Gasteiger partial charge on any atom is 0.122 e. The Balaban J connectivity index is 1.78. The van der Waals surface area contributed by atoms with E-state index in [0.29, 0.717) is 12.6 Å². The average molecular weight is 244 g/mol. The fourth-order valence-corrected chi connectivity index (χ4v) is 1.97. The summed E-state index contributed by atoms with van der Waals surface area (Å²) in [6.07, 6.45) is 3.15. The minimum Gasteiger partial charge on any atom is -0.493 e.